The van der Waals surface area contributed by atoms with Crippen LogP contribution in [0.15, 0.2) is 24.3 Å². The maximum Gasteiger partial charge on any atom is 0.416 e. The van der Waals surface area contributed by atoms with Gasteiger partial charge in [-0.05, 0) is 49.3 Å². The number of hydroxylamine groups is 1. The fourth-order valence-electron chi connectivity index (χ4n) is 3.76. The van der Waals surface area contributed by atoms with Gasteiger partial charge in [-0.3, -0.25) is 10.0 Å². The van der Waals surface area contributed by atoms with E-state index in [4.69, 9.17) is 9.47 Å². The summed E-state index contributed by atoms with van der Waals surface area (Å²) in [4.78, 5) is 12.3. The summed E-state index contributed by atoms with van der Waals surface area (Å²) in [5, 5.41) is 10.1. The number of carbonyl (C=O) groups excluding carboxylic acids is 1. The molecule has 0 aliphatic carbocycles. The molecule has 2 aliphatic rings. The zero-order valence-corrected chi connectivity index (χ0v) is 18.3. The molecular weight excluding hydrogens is 453 g/mol. The minimum absolute atomic E-state index is 0.0641. The first-order chi connectivity index (χ1) is 15.1. The first-order valence-corrected chi connectivity index (χ1v) is 11.8. The van der Waals surface area contributed by atoms with E-state index in [9.17, 15) is 31.6 Å². The molecule has 1 aromatic carbocycles. The molecule has 0 aromatic heterocycles. The smallest absolute Gasteiger partial charge is 0.381 e. The Hall–Kier alpha value is -1.73. The predicted octanol–water partition coefficient (Wildman–Crippen LogP) is 2.82. The number of carbonyl (C=O) groups is 1. The molecule has 0 atom stereocenters. The molecule has 1 amide bonds. The Labute approximate surface area is 185 Å². The average molecular weight is 481 g/mol. The molecule has 2 aliphatic heterocycles. The van der Waals surface area contributed by atoms with Gasteiger partial charge in [-0.1, -0.05) is 16.6 Å². The highest BCUT2D eigenvalue weighted by Crippen LogP contribution is 2.29. The Bertz CT molecular complexity index is 864. The van der Waals surface area contributed by atoms with Gasteiger partial charge in [0.05, 0.1) is 12.2 Å². The summed E-state index contributed by atoms with van der Waals surface area (Å²) in [6.07, 6.45) is -2.70. The minimum Gasteiger partial charge on any atom is -0.381 e. The summed E-state index contributed by atoms with van der Waals surface area (Å²) in [6, 6.07) is 4.74. The molecule has 2 saturated heterocycles. The van der Waals surface area contributed by atoms with Crippen molar-refractivity contribution < 1.29 is 41.1 Å². The molecule has 1 aromatic rings. The monoisotopic (exact) mass is 480 g/mol. The van der Waals surface area contributed by atoms with E-state index < -0.39 is 33.8 Å². The van der Waals surface area contributed by atoms with Crippen LogP contribution in [-0.2, 0) is 37.3 Å². The maximum absolute atomic E-state index is 12.6. The normalized spacial score (nSPS) is 19.8. The van der Waals surface area contributed by atoms with Gasteiger partial charge in [0.25, 0.3) is 5.91 Å². The average Bonchev–Trinajstić information content (AvgIpc) is 2.79. The van der Waals surface area contributed by atoms with Crippen LogP contribution in [-0.4, -0.2) is 61.2 Å². The van der Waals surface area contributed by atoms with Crippen molar-refractivity contribution in [1.82, 2.24) is 8.77 Å². The van der Waals surface area contributed by atoms with E-state index in [1.54, 1.807) is 0 Å². The van der Waals surface area contributed by atoms with E-state index in [0.717, 1.165) is 16.4 Å². The van der Waals surface area contributed by atoms with Gasteiger partial charge in [0.15, 0.2) is 0 Å². The molecule has 0 spiro atoms. The van der Waals surface area contributed by atoms with Crippen LogP contribution in [0.3, 0.4) is 0 Å². The van der Waals surface area contributed by atoms with Crippen LogP contribution in [0.1, 0.15) is 36.8 Å². The number of alkyl halides is 3. The molecule has 180 valence electrons. The molecule has 0 saturated carbocycles. The number of rotatable bonds is 7. The third-order valence-corrected chi connectivity index (χ3v) is 7.42. The van der Waals surface area contributed by atoms with Gasteiger partial charge in [-0.2, -0.15) is 25.9 Å². The van der Waals surface area contributed by atoms with Crippen molar-refractivity contribution in [3.63, 3.8) is 0 Å². The topological polar surface area (TPSA) is 96.4 Å². The lowest BCUT2D eigenvalue weighted by molar-refractivity contribution is -0.154. The van der Waals surface area contributed by atoms with E-state index >= 15 is 0 Å². The van der Waals surface area contributed by atoms with Crippen LogP contribution in [0.2, 0.25) is 0 Å². The van der Waals surface area contributed by atoms with Crippen molar-refractivity contribution in [2.45, 2.75) is 38.5 Å². The Balaban J connectivity index is 1.43. The lowest BCUT2D eigenvalue weighted by Gasteiger charge is -2.33. The highest BCUT2D eigenvalue weighted by Gasteiger charge is 2.38. The van der Waals surface area contributed by atoms with Gasteiger partial charge in [0, 0.05) is 38.8 Å². The van der Waals surface area contributed by atoms with Crippen molar-refractivity contribution in [2.75, 3.05) is 32.9 Å². The number of amides is 1. The molecule has 12 heteroatoms. The number of benzene rings is 1. The summed E-state index contributed by atoms with van der Waals surface area (Å²) >= 11 is 0. The summed E-state index contributed by atoms with van der Waals surface area (Å²) in [5.41, 5.74) is -0.108. The highest BCUT2D eigenvalue weighted by molar-refractivity contribution is 7.87. The molecule has 2 fully saturated rings. The molecule has 32 heavy (non-hydrogen) atoms. The van der Waals surface area contributed by atoms with Crippen molar-refractivity contribution in [1.29, 1.82) is 0 Å². The summed E-state index contributed by atoms with van der Waals surface area (Å²) < 4.78 is 74.7. The Morgan fingerprint density at radius 1 is 1.12 bits per heavy atom. The zero-order valence-electron chi connectivity index (χ0n) is 17.5. The van der Waals surface area contributed by atoms with Gasteiger partial charge in [-0.15, -0.1) is 0 Å². The van der Waals surface area contributed by atoms with Gasteiger partial charge < -0.3 is 9.47 Å². The lowest BCUT2D eigenvalue weighted by Crippen LogP contribution is -2.50. The first-order valence-electron chi connectivity index (χ1n) is 10.4. The summed E-state index contributed by atoms with van der Waals surface area (Å²) in [5.74, 6) is -1.36. The van der Waals surface area contributed by atoms with Crippen LogP contribution in [0, 0.1) is 11.8 Å². The molecule has 3 rings (SSSR count). The molecule has 8 nitrogen and oxygen atoms in total. The van der Waals surface area contributed by atoms with Crippen molar-refractivity contribution in [3.05, 3.63) is 35.4 Å². The molecular formula is C20H27F3N2O6S. The number of halogens is 3. The molecule has 0 radical (unpaired) electrons. The maximum atomic E-state index is 12.6. The second kappa shape index (κ2) is 10.5. The van der Waals surface area contributed by atoms with Crippen molar-refractivity contribution in [2.24, 2.45) is 11.8 Å². The zero-order chi connectivity index (χ0) is 23.4. The number of hydrogen-bond acceptors (Lipinski definition) is 6. The first kappa shape index (κ1) is 24.9. The number of ether oxygens (including phenoxy) is 2. The molecule has 1 N–H and O–H groups in total. The summed E-state index contributed by atoms with van der Waals surface area (Å²) in [7, 11) is -4.31. The van der Waals surface area contributed by atoms with Crippen molar-refractivity contribution >= 4 is 16.1 Å². The standard InChI is InChI=1S/C20H27F3N2O6S/c21-20(22,23)18-3-1-15(2-4-18)13-31-14-16-5-9-24(10-6-16)32(28,29)25(27)19(26)17-7-11-30-12-8-17/h1-4,16-17,27H,5-14H2. The van der Waals surface area contributed by atoms with E-state index in [1.807, 2.05) is 0 Å². The van der Waals surface area contributed by atoms with Gasteiger partial charge in [-0.25, -0.2) is 0 Å². The van der Waals surface area contributed by atoms with Gasteiger partial charge in [0.1, 0.15) is 0 Å². The van der Waals surface area contributed by atoms with Crippen LogP contribution in [0.4, 0.5) is 13.2 Å². The van der Waals surface area contributed by atoms with Crippen molar-refractivity contribution in [3.8, 4) is 0 Å². The fourth-order valence-corrected chi connectivity index (χ4v) is 5.03. The third kappa shape index (κ3) is 6.19. The second-order valence-corrected chi connectivity index (χ2v) is 9.79. The molecule has 2 heterocycles. The summed E-state index contributed by atoms with van der Waals surface area (Å²) in [6.45, 7) is 1.45. The molecule has 0 unspecified atom stereocenters. The van der Waals surface area contributed by atoms with Crippen LogP contribution in [0.25, 0.3) is 0 Å². The lowest BCUT2D eigenvalue weighted by atomic mass is 9.99. The number of hydrogen-bond donors (Lipinski definition) is 1. The SMILES string of the molecule is O=C(C1CCOCC1)N(O)S(=O)(=O)N1CCC(COCc2ccc(C(F)(F)F)cc2)CC1. The predicted molar refractivity (Wildman–Crippen MR) is 106 cm³/mol. The van der Waals surface area contributed by atoms with Crippen LogP contribution < -0.4 is 0 Å². The quantitative estimate of drug-likeness (QED) is 0.476. The third-order valence-electron chi connectivity index (χ3n) is 5.78. The number of nitrogens with zero attached hydrogens (tertiary/aromatic N) is 2. The number of piperidine rings is 1. The largest absolute Gasteiger partial charge is 0.416 e. The molecule has 0 bridgehead atoms. The van der Waals surface area contributed by atoms with Gasteiger partial charge in [0.2, 0.25) is 0 Å². The van der Waals surface area contributed by atoms with Crippen LogP contribution >= 0.6 is 0 Å². The Morgan fingerprint density at radius 3 is 2.28 bits per heavy atom. The van der Waals surface area contributed by atoms with E-state index in [-0.39, 0.29) is 30.1 Å². The minimum atomic E-state index is -4.38. The van der Waals surface area contributed by atoms with E-state index in [1.165, 1.54) is 12.1 Å². The van der Waals surface area contributed by atoms with E-state index in [2.05, 4.69) is 0 Å². The van der Waals surface area contributed by atoms with E-state index in [0.29, 0.717) is 51.1 Å². The fraction of sp³-hybridized carbons (Fsp3) is 0.650. The Kier molecular flexibility index (Phi) is 8.15. The van der Waals surface area contributed by atoms with Crippen LogP contribution in [0.5, 0.6) is 0 Å². The van der Waals surface area contributed by atoms with Gasteiger partial charge >= 0.3 is 16.4 Å². The Morgan fingerprint density at radius 2 is 1.72 bits per heavy atom. The second-order valence-electron chi connectivity index (χ2n) is 8.03. The highest BCUT2D eigenvalue weighted by atomic mass is 32.2.